The Balaban J connectivity index is 0.000000315. The minimum absolute atomic E-state index is 0. The Hall–Kier alpha value is -1.63. The molecule has 0 aliphatic carbocycles. The van der Waals surface area contributed by atoms with Crippen LogP contribution in [0, 0.1) is 0 Å². The van der Waals surface area contributed by atoms with Gasteiger partial charge >= 0.3 is 5.97 Å². The summed E-state index contributed by atoms with van der Waals surface area (Å²) in [5.74, 6) is -0.192. The summed E-state index contributed by atoms with van der Waals surface area (Å²) in [4.78, 5) is 30.3. The largest absolute Gasteiger partial charge is 0.466 e. The van der Waals surface area contributed by atoms with Crippen molar-refractivity contribution in [3.05, 3.63) is 62.0 Å². The van der Waals surface area contributed by atoms with Gasteiger partial charge in [0.1, 0.15) is 15.6 Å². The molecule has 3 heterocycles. The Morgan fingerprint density at radius 1 is 1.12 bits per heavy atom. The average molecular weight is 646 g/mol. The predicted molar refractivity (Wildman–Crippen MR) is 124 cm³/mol. The maximum atomic E-state index is 11.3. The van der Waals surface area contributed by atoms with E-state index in [0.29, 0.717) is 21.7 Å². The number of aromatic nitrogens is 4. The molecule has 0 unspecified atom stereocenters. The molecule has 32 heavy (non-hydrogen) atoms. The molecule has 0 aliphatic rings. The van der Waals surface area contributed by atoms with E-state index in [1.165, 1.54) is 6.20 Å². The summed E-state index contributed by atoms with van der Waals surface area (Å²) in [7, 11) is 0. The first-order chi connectivity index (χ1) is 14.8. The normalized spacial score (nSPS) is 9.66. The summed E-state index contributed by atoms with van der Waals surface area (Å²) in [5.41, 5.74) is 4.80. The van der Waals surface area contributed by atoms with E-state index in [2.05, 4.69) is 62.5 Å². The smallest absolute Gasteiger partial charge is 0.315 e. The first-order valence-electron chi connectivity index (χ1n) is 8.64. The molecule has 0 aromatic carbocycles. The van der Waals surface area contributed by atoms with Gasteiger partial charge in [-0.25, -0.2) is 14.6 Å². The summed E-state index contributed by atoms with van der Waals surface area (Å²) in [6, 6.07) is 8.65. The Kier molecular flexibility index (Phi) is 12.9. The molecule has 0 bridgehead atoms. The number of pyridine rings is 2. The average Bonchev–Trinajstić information content (AvgIpc) is 3.06. The predicted octanol–water partition coefficient (Wildman–Crippen LogP) is 4.57. The number of nitrogens with one attached hydrogen (secondary N) is 2. The number of anilines is 1. The molecular weight excluding hydrogens is 630 g/mol. The van der Waals surface area contributed by atoms with Crippen molar-refractivity contribution < 1.29 is 32.9 Å². The van der Waals surface area contributed by atoms with Crippen molar-refractivity contribution in [2.45, 2.75) is 13.3 Å². The van der Waals surface area contributed by atoms with Crippen LogP contribution < -0.4 is 10.9 Å². The van der Waals surface area contributed by atoms with E-state index < -0.39 is 11.9 Å². The molecule has 169 valence electrons. The van der Waals surface area contributed by atoms with Crippen molar-refractivity contribution in [3.63, 3.8) is 0 Å². The molecule has 0 fully saturated rings. The van der Waals surface area contributed by atoms with Crippen LogP contribution in [0.15, 0.2) is 51.9 Å². The number of hydrogen-bond donors (Lipinski definition) is 2. The van der Waals surface area contributed by atoms with Crippen molar-refractivity contribution in [2.75, 3.05) is 12.0 Å². The van der Waals surface area contributed by atoms with Gasteiger partial charge in [-0.1, -0.05) is 23.2 Å². The van der Waals surface area contributed by atoms with E-state index >= 15 is 0 Å². The van der Waals surface area contributed by atoms with Gasteiger partial charge in [0.2, 0.25) is 5.91 Å². The summed E-state index contributed by atoms with van der Waals surface area (Å²) in [5, 5.41) is 5.10. The fourth-order valence-corrected chi connectivity index (χ4v) is 3.52. The minimum Gasteiger partial charge on any atom is -0.466 e. The number of hydrogen-bond acceptors (Lipinski definition) is 7. The molecule has 0 atom stereocenters. The Morgan fingerprint density at radius 3 is 2.34 bits per heavy atom. The van der Waals surface area contributed by atoms with Crippen LogP contribution in [0.4, 0.5) is 5.82 Å². The summed E-state index contributed by atoms with van der Waals surface area (Å²) < 4.78 is 7.76. The first kappa shape index (κ1) is 28.4. The number of rotatable bonds is 6. The van der Waals surface area contributed by atoms with Gasteiger partial charge in [0, 0.05) is 37.0 Å². The number of nitrogens with zero attached hydrogens (tertiary/aromatic N) is 4. The van der Waals surface area contributed by atoms with Gasteiger partial charge in [-0.05, 0) is 63.0 Å². The molecule has 14 heteroatoms. The van der Waals surface area contributed by atoms with E-state index in [4.69, 9.17) is 23.2 Å². The summed E-state index contributed by atoms with van der Waals surface area (Å²) >= 11 is 18.4. The number of ether oxygens (including phenoxy) is 1. The standard InChI is InChI=1S/C10H12ClN3O3.C8H4Br2ClN3.V/c1-2-17-9(16)6-8(15)13-14-10-7(11)4-3-5-12-10;9-6-4-7(10)14(13-6)8-5(11)2-1-3-12-8;/h3-5H,2,6H2,1H3,(H,12,14)(H,13,15);1-4H;. The van der Waals surface area contributed by atoms with Gasteiger partial charge in [-0.2, -0.15) is 5.10 Å². The van der Waals surface area contributed by atoms with Crippen LogP contribution in [0.2, 0.25) is 10.0 Å². The number of esters is 1. The molecule has 2 N–H and O–H groups in total. The molecule has 3 aromatic heterocycles. The van der Waals surface area contributed by atoms with Crippen LogP contribution in [-0.4, -0.2) is 38.2 Å². The van der Waals surface area contributed by atoms with Gasteiger partial charge in [-0.15, -0.1) is 0 Å². The molecule has 3 aromatic rings. The van der Waals surface area contributed by atoms with E-state index in [1.807, 2.05) is 6.07 Å². The van der Waals surface area contributed by atoms with Crippen molar-refractivity contribution in [2.24, 2.45) is 0 Å². The fourth-order valence-electron chi connectivity index (χ4n) is 2.01. The van der Waals surface area contributed by atoms with Gasteiger partial charge in [0.25, 0.3) is 0 Å². The molecule has 0 spiro atoms. The van der Waals surface area contributed by atoms with E-state index in [-0.39, 0.29) is 31.6 Å². The zero-order valence-corrected chi connectivity index (χ0v) is 22.5. The van der Waals surface area contributed by atoms with Gasteiger partial charge < -0.3 is 4.74 Å². The maximum Gasteiger partial charge on any atom is 0.315 e. The molecule has 0 saturated heterocycles. The third-order valence-corrected chi connectivity index (χ3v) is 4.82. The molecule has 0 aliphatic heterocycles. The van der Waals surface area contributed by atoms with E-state index in [9.17, 15) is 9.59 Å². The second kappa shape index (κ2) is 14.5. The zero-order chi connectivity index (χ0) is 22.8. The van der Waals surface area contributed by atoms with Crippen molar-refractivity contribution in [1.82, 2.24) is 25.2 Å². The number of amides is 1. The third kappa shape index (κ3) is 9.09. The molecule has 0 saturated carbocycles. The van der Waals surface area contributed by atoms with Crippen LogP contribution in [0.25, 0.3) is 5.82 Å². The first-order valence-corrected chi connectivity index (χ1v) is 11.0. The Bertz CT molecular complexity index is 1060. The summed E-state index contributed by atoms with van der Waals surface area (Å²) in [6.07, 6.45) is 2.83. The Labute approximate surface area is 222 Å². The molecule has 1 amide bonds. The molecule has 3 rings (SSSR count). The third-order valence-electron chi connectivity index (χ3n) is 3.26. The molecule has 9 nitrogen and oxygen atoms in total. The van der Waals surface area contributed by atoms with Gasteiger partial charge in [0.15, 0.2) is 11.6 Å². The molecular formula is C18H16Br2Cl2N6O3V. The quantitative estimate of drug-likeness (QED) is 0.230. The fraction of sp³-hybridized carbons (Fsp3) is 0.167. The van der Waals surface area contributed by atoms with Crippen molar-refractivity contribution >= 4 is 72.8 Å². The van der Waals surface area contributed by atoms with Crippen LogP contribution >= 0.6 is 55.1 Å². The monoisotopic (exact) mass is 643 g/mol. The summed E-state index contributed by atoms with van der Waals surface area (Å²) in [6.45, 7) is 1.91. The number of hydrazine groups is 1. The second-order valence-electron chi connectivity index (χ2n) is 5.50. The van der Waals surface area contributed by atoms with E-state index in [0.717, 1.165) is 9.21 Å². The number of carbonyl (C=O) groups is 2. The van der Waals surface area contributed by atoms with Crippen molar-refractivity contribution in [1.29, 1.82) is 0 Å². The zero-order valence-electron chi connectivity index (χ0n) is 16.4. The van der Waals surface area contributed by atoms with Gasteiger partial charge in [0.05, 0.1) is 16.7 Å². The number of halogens is 4. The SMILES string of the molecule is CCOC(=O)CC(=O)NNc1ncccc1Cl.Clc1cccnc1-n1nc(Br)cc1Br.[V]. The van der Waals surface area contributed by atoms with Crippen LogP contribution in [0.3, 0.4) is 0 Å². The second-order valence-corrected chi connectivity index (χ2v) is 7.94. The van der Waals surface area contributed by atoms with Crippen LogP contribution in [0.1, 0.15) is 13.3 Å². The van der Waals surface area contributed by atoms with Gasteiger partial charge in [-0.3, -0.25) is 20.4 Å². The number of carbonyl (C=O) groups excluding carboxylic acids is 2. The molecule has 1 radical (unpaired) electrons. The van der Waals surface area contributed by atoms with E-state index in [1.54, 1.807) is 42.1 Å². The topological polar surface area (TPSA) is 111 Å². The van der Waals surface area contributed by atoms with Crippen molar-refractivity contribution in [3.8, 4) is 5.82 Å². The van der Waals surface area contributed by atoms with Crippen LogP contribution in [-0.2, 0) is 32.9 Å². The maximum absolute atomic E-state index is 11.3. The van der Waals surface area contributed by atoms with Crippen LogP contribution in [0.5, 0.6) is 0 Å². The minimum atomic E-state index is -0.584. The Morgan fingerprint density at radius 2 is 1.78 bits per heavy atom.